The Bertz CT molecular complexity index is 584. The predicted octanol–water partition coefficient (Wildman–Crippen LogP) is 2.78. The normalized spacial score (nSPS) is 19.5. The topological polar surface area (TPSA) is 74.2 Å². The van der Waals surface area contributed by atoms with E-state index in [1.165, 1.54) is 0 Å². The van der Waals surface area contributed by atoms with Crippen molar-refractivity contribution in [3.63, 3.8) is 0 Å². The quantitative estimate of drug-likeness (QED) is 0.859. The minimum Gasteiger partial charge on any atom is -0.399 e. The fourth-order valence-electron chi connectivity index (χ4n) is 1.82. The van der Waals surface area contributed by atoms with Gasteiger partial charge in [-0.05, 0) is 18.2 Å². The van der Waals surface area contributed by atoms with Crippen LogP contribution in [0.15, 0.2) is 22.7 Å². The van der Waals surface area contributed by atoms with E-state index in [2.05, 4.69) is 10.1 Å². The fourth-order valence-corrected chi connectivity index (χ4v) is 2.86. The third kappa shape index (κ3) is 2.70. The van der Waals surface area contributed by atoms with Crippen molar-refractivity contribution >= 4 is 29.1 Å². The zero-order chi connectivity index (χ0) is 13.2. The first kappa shape index (κ1) is 12.8. The number of rotatable bonds is 2. The average Bonchev–Trinajstić information content (AvgIpc) is 2.92. The zero-order valence-corrected chi connectivity index (χ0v) is 11.6. The maximum absolute atomic E-state index is 6.11. The molecule has 1 fully saturated rings. The molecule has 7 heteroatoms. The monoisotopic (exact) mass is 297 g/mol. The Labute approximate surface area is 119 Å². The lowest BCUT2D eigenvalue weighted by Gasteiger charge is -2.18. The van der Waals surface area contributed by atoms with Crippen LogP contribution in [0.2, 0.25) is 5.02 Å². The highest BCUT2D eigenvalue weighted by atomic mass is 35.5. The number of anilines is 1. The van der Waals surface area contributed by atoms with E-state index in [0.717, 1.165) is 11.5 Å². The smallest absolute Gasteiger partial charge is 0.259 e. The molecule has 19 heavy (non-hydrogen) atoms. The van der Waals surface area contributed by atoms with Gasteiger partial charge in [0.2, 0.25) is 5.82 Å². The van der Waals surface area contributed by atoms with Crippen LogP contribution >= 0.6 is 23.4 Å². The Morgan fingerprint density at radius 2 is 2.32 bits per heavy atom. The van der Waals surface area contributed by atoms with Gasteiger partial charge in [0.05, 0.1) is 17.2 Å². The lowest BCUT2D eigenvalue weighted by Crippen LogP contribution is -2.16. The van der Waals surface area contributed by atoms with Crippen molar-refractivity contribution in [3.8, 4) is 11.5 Å². The molecule has 0 bridgehead atoms. The summed E-state index contributed by atoms with van der Waals surface area (Å²) in [5.74, 6) is 2.76. The SMILES string of the molecule is Nc1ccc(Cl)c(-c2nc(C3CSCCO3)no2)c1. The van der Waals surface area contributed by atoms with Gasteiger partial charge in [0, 0.05) is 17.2 Å². The van der Waals surface area contributed by atoms with Crippen LogP contribution in [0.5, 0.6) is 0 Å². The number of hydrogen-bond acceptors (Lipinski definition) is 6. The predicted molar refractivity (Wildman–Crippen MR) is 75.2 cm³/mol. The second kappa shape index (κ2) is 5.40. The minimum absolute atomic E-state index is 0.115. The molecule has 5 nitrogen and oxygen atoms in total. The Kier molecular flexibility index (Phi) is 3.63. The van der Waals surface area contributed by atoms with Gasteiger partial charge in [-0.15, -0.1) is 0 Å². The number of aromatic nitrogens is 2. The van der Waals surface area contributed by atoms with Gasteiger partial charge in [-0.1, -0.05) is 16.8 Å². The van der Waals surface area contributed by atoms with E-state index in [-0.39, 0.29) is 6.10 Å². The number of benzene rings is 1. The largest absolute Gasteiger partial charge is 0.399 e. The van der Waals surface area contributed by atoms with Gasteiger partial charge in [-0.2, -0.15) is 16.7 Å². The van der Waals surface area contributed by atoms with Crippen LogP contribution in [-0.2, 0) is 4.74 Å². The molecule has 0 spiro atoms. The van der Waals surface area contributed by atoms with Crippen LogP contribution in [0.1, 0.15) is 11.9 Å². The summed E-state index contributed by atoms with van der Waals surface area (Å²) in [7, 11) is 0. The van der Waals surface area contributed by atoms with Crippen molar-refractivity contribution in [1.29, 1.82) is 0 Å². The first-order valence-corrected chi connectivity index (χ1v) is 7.35. The van der Waals surface area contributed by atoms with Crippen molar-refractivity contribution < 1.29 is 9.26 Å². The third-order valence-corrected chi connectivity index (χ3v) is 4.09. The van der Waals surface area contributed by atoms with Gasteiger partial charge in [0.15, 0.2) is 0 Å². The second-order valence-corrected chi connectivity index (χ2v) is 5.69. The molecule has 0 amide bonds. The summed E-state index contributed by atoms with van der Waals surface area (Å²) in [6.45, 7) is 0.707. The molecule has 2 heterocycles. The summed E-state index contributed by atoms with van der Waals surface area (Å²) in [4.78, 5) is 4.35. The standard InChI is InChI=1S/C12H12ClN3O2S/c13-9-2-1-7(14)5-8(9)12-15-11(16-18-12)10-6-19-4-3-17-10/h1-2,5,10H,3-4,6,14H2. The molecule has 0 saturated carbocycles. The van der Waals surface area contributed by atoms with Crippen molar-refractivity contribution in [2.45, 2.75) is 6.10 Å². The van der Waals surface area contributed by atoms with E-state index in [4.69, 9.17) is 26.6 Å². The number of thioether (sulfide) groups is 1. The number of ether oxygens (including phenoxy) is 1. The van der Waals surface area contributed by atoms with E-state index in [1.807, 2.05) is 11.8 Å². The highest BCUT2D eigenvalue weighted by molar-refractivity contribution is 7.99. The van der Waals surface area contributed by atoms with E-state index < -0.39 is 0 Å². The lowest BCUT2D eigenvalue weighted by molar-refractivity contribution is 0.0677. The van der Waals surface area contributed by atoms with Crippen LogP contribution < -0.4 is 5.73 Å². The lowest BCUT2D eigenvalue weighted by atomic mass is 10.2. The van der Waals surface area contributed by atoms with Gasteiger partial charge in [0.25, 0.3) is 5.89 Å². The van der Waals surface area contributed by atoms with Gasteiger partial charge in [0.1, 0.15) is 6.10 Å². The molecule has 2 aromatic rings. The summed E-state index contributed by atoms with van der Waals surface area (Å²) >= 11 is 7.92. The van der Waals surface area contributed by atoms with Crippen molar-refractivity contribution in [2.24, 2.45) is 0 Å². The molecular formula is C12H12ClN3O2S. The average molecular weight is 298 g/mol. The summed E-state index contributed by atoms with van der Waals surface area (Å²) in [6.07, 6.45) is -0.115. The Hall–Kier alpha value is -1.24. The fraction of sp³-hybridized carbons (Fsp3) is 0.333. The summed E-state index contributed by atoms with van der Waals surface area (Å²) in [5.41, 5.74) is 6.98. The minimum atomic E-state index is -0.115. The number of nitrogen functional groups attached to an aromatic ring is 1. The molecular weight excluding hydrogens is 286 g/mol. The zero-order valence-electron chi connectivity index (χ0n) is 10.0. The van der Waals surface area contributed by atoms with Gasteiger partial charge in [-0.25, -0.2) is 0 Å². The van der Waals surface area contributed by atoms with Crippen LogP contribution in [0.4, 0.5) is 5.69 Å². The van der Waals surface area contributed by atoms with Gasteiger partial charge < -0.3 is 15.0 Å². The molecule has 1 atom stereocenters. The maximum atomic E-state index is 6.11. The van der Waals surface area contributed by atoms with Crippen molar-refractivity contribution in [2.75, 3.05) is 23.8 Å². The van der Waals surface area contributed by atoms with Crippen LogP contribution in [0.3, 0.4) is 0 Å². The van der Waals surface area contributed by atoms with E-state index >= 15 is 0 Å². The summed E-state index contributed by atoms with van der Waals surface area (Å²) in [6, 6.07) is 5.16. The van der Waals surface area contributed by atoms with E-state index in [1.54, 1.807) is 18.2 Å². The Morgan fingerprint density at radius 1 is 1.42 bits per heavy atom. The molecule has 3 rings (SSSR count). The number of nitrogens with zero attached hydrogens (tertiary/aromatic N) is 2. The molecule has 1 saturated heterocycles. The molecule has 1 unspecified atom stereocenters. The molecule has 1 aliphatic heterocycles. The molecule has 1 aromatic heterocycles. The van der Waals surface area contributed by atoms with Crippen molar-refractivity contribution in [1.82, 2.24) is 10.1 Å². The number of nitrogens with two attached hydrogens (primary N) is 1. The third-order valence-electron chi connectivity index (χ3n) is 2.77. The van der Waals surface area contributed by atoms with Gasteiger partial charge >= 0.3 is 0 Å². The summed E-state index contributed by atoms with van der Waals surface area (Å²) < 4.78 is 10.9. The van der Waals surface area contributed by atoms with Crippen LogP contribution in [-0.4, -0.2) is 28.3 Å². The van der Waals surface area contributed by atoms with E-state index in [0.29, 0.717) is 34.6 Å². The molecule has 0 radical (unpaired) electrons. The van der Waals surface area contributed by atoms with Crippen LogP contribution in [0.25, 0.3) is 11.5 Å². The number of hydrogen-bond donors (Lipinski definition) is 1. The molecule has 1 aromatic carbocycles. The first-order valence-electron chi connectivity index (χ1n) is 5.82. The van der Waals surface area contributed by atoms with Gasteiger partial charge in [-0.3, -0.25) is 0 Å². The maximum Gasteiger partial charge on any atom is 0.259 e. The van der Waals surface area contributed by atoms with E-state index in [9.17, 15) is 0 Å². The second-order valence-electron chi connectivity index (χ2n) is 4.13. The highest BCUT2D eigenvalue weighted by Crippen LogP contribution is 2.31. The van der Waals surface area contributed by atoms with Crippen molar-refractivity contribution in [3.05, 3.63) is 29.0 Å². The number of halogens is 1. The molecule has 0 aliphatic carbocycles. The Morgan fingerprint density at radius 3 is 3.11 bits per heavy atom. The molecule has 2 N–H and O–H groups in total. The first-order chi connectivity index (χ1) is 9.24. The molecule has 100 valence electrons. The molecule has 1 aliphatic rings. The van der Waals surface area contributed by atoms with Crippen LogP contribution in [0, 0.1) is 0 Å². The Balaban J connectivity index is 1.89. The summed E-state index contributed by atoms with van der Waals surface area (Å²) in [5, 5.41) is 4.49. The highest BCUT2D eigenvalue weighted by Gasteiger charge is 2.23.